The number of amidine groups is 1. The molecule has 0 aliphatic carbocycles. The fraction of sp³-hybridized carbons (Fsp3) is 0.238. The number of hydrogen-bond donors (Lipinski definition) is 1. The number of halogens is 1. The number of nitrogens with one attached hydrogen (secondary N) is 1. The molecule has 0 unspecified atom stereocenters. The number of carbonyl (C=O) groups is 1. The topological polar surface area (TPSA) is 59.9 Å². The fourth-order valence-electron chi connectivity index (χ4n) is 2.92. The number of ether oxygens (including phenoxy) is 2. The molecule has 0 aromatic heterocycles. The van der Waals surface area contributed by atoms with E-state index in [2.05, 4.69) is 10.3 Å². The van der Waals surface area contributed by atoms with E-state index in [1.807, 2.05) is 13.0 Å². The van der Waals surface area contributed by atoms with E-state index in [1.165, 1.54) is 6.07 Å². The van der Waals surface area contributed by atoms with Crippen LogP contribution in [0.15, 0.2) is 47.1 Å². The Morgan fingerprint density at radius 1 is 1.11 bits per heavy atom. The van der Waals surface area contributed by atoms with Crippen molar-refractivity contribution in [3.05, 3.63) is 64.6 Å². The fourth-order valence-corrected chi connectivity index (χ4v) is 2.92. The SMILES string of the molecule is COc1cc(/C=C2/N=C(CCc3ccccc3F)NC2=O)c(OC)cc1C. The van der Waals surface area contributed by atoms with Crippen LogP contribution in [0.3, 0.4) is 0 Å². The standard InChI is InChI=1S/C21H21FN2O3/c1-13-10-19(27-3)15(12-18(13)26-2)11-17-21(25)24-20(23-17)9-8-14-6-4-5-7-16(14)22/h4-7,10-12H,8-9H2,1-3H3,(H,23,24,25)/b17-11+. The summed E-state index contributed by atoms with van der Waals surface area (Å²) in [5.74, 6) is 1.30. The first-order chi connectivity index (χ1) is 13.0. The van der Waals surface area contributed by atoms with Crippen molar-refractivity contribution in [2.24, 2.45) is 4.99 Å². The van der Waals surface area contributed by atoms with Gasteiger partial charge >= 0.3 is 0 Å². The molecule has 1 aliphatic heterocycles. The summed E-state index contributed by atoms with van der Waals surface area (Å²) in [6, 6.07) is 10.2. The van der Waals surface area contributed by atoms with Gasteiger partial charge in [0.25, 0.3) is 5.91 Å². The molecule has 140 valence electrons. The Bertz CT molecular complexity index is 935. The summed E-state index contributed by atoms with van der Waals surface area (Å²) < 4.78 is 24.5. The van der Waals surface area contributed by atoms with E-state index >= 15 is 0 Å². The molecule has 27 heavy (non-hydrogen) atoms. The largest absolute Gasteiger partial charge is 0.496 e. The maximum absolute atomic E-state index is 13.7. The summed E-state index contributed by atoms with van der Waals surface area (Å²) in [6.07, 6.45) is 2.56. The van der Waals surface area contributed by atoms with E-state index < -0.39 is 0 Å². The Hall–Kier alpha value is -3.15. The van der Waals surface area contributed by atoms with Gasteiger partial charge in [-0.15, -0.1) is 0 Å². The number of rotatable bonds is 6. The van der Waals surface area contributed by atoms with E-state index in [0.29, 0.717) is 41.3 Å². The summed E-state index contributed by atoms with van der Waals surface area (Å²) in [6.45, 7) is 1.92. The third-order valence-electron chi connectivity index (χ3n) is 4.37. The first-order valence-corrected chi connectivity index (χ1v) is 8.58. The zero-order valence-electron chi connectivity index (χ0n) is 15.5. The van der Waals surface area contributed by atoms with Crippen molar-refractivity contribution in [2.45, 2.75) is 19.8 Å². The number of aryl methyl sites for hydroxylation is 2. The van der Waals surface area contributed by atoms with Crippen LogP contribution in [0.25, 0.3) is 6.08 Å². The molecule has 1 N–H and O–H groups in total. The summed E-state index contributed by atoms with van der Waals surface area (Å²) in [7, 11) is 3.16. The van der Waals surface area contributed by atoms with Crippen molar-refractivity contribution >= 4 is 17.8 Å². The lowest BCUT2D eigenvalue weighted by atomic mass is 10.1. The van der Waals surface area contributed by atoms with Gasteiger partial charge in [-0.3, -0.25) is 4.79 Å². The second-order valence-electron chi connectivity index (χ2n) is 6.20. The van der Waals surface area contributed by atoms with Crippen molar-refractivity contribution in [3.63, 3.8) is 0 Å². The summed E-state index contributed by atoms with van der Waals surface area (Å²) in [5, 5.41) is 2.74. The summed E-state index contributed by atoms with van der Waals surface area (Å²) in [4.78, 5) is 16.6. The number of benzene rings is 2. The van der Waals surface area contributed by atoms with Gasteiger partial charge in [-0.1, -0.05) is 18.2 Å². The molecule has 1 heterocycles. The highest BCUT2D eigenvalue weighted by Gasteiger charge is 2.21. The van der Waals surface area contributed by atoms with Crippen molar-refractivity contribution in [2.75, 3.05) is 14.2 Å². The molecule has 1 aliphatic rings. The van der Waals surface area contributed by atoms with Crippen molar-refractivity contribution in [3.8, 4) is 11.5 Å². The molecule has 0 fully saturated rings. The van der Waals surface area contributed by atoms with Gasteiger partial charge in [-0.05, 0) is 48.7 Å². The van der Waals surface area contributed by atoms with Gasteiger partial charge in [-0.25, -0.2) is 9.38 Å². The van der Waals surface area contributed by atoms with Gasteiger partial charge in [0.15, 0.2) is 0 Å². The lowest BCUT2D eigenvalue weighted by Crippen LogP contribution is -2.24. The predicted molar refractivity (Wildman–Crippen MR) is 103 cm³/mol. The van der Waals surface area contributed by atoms with Crippen LogP contribution in [-0.2, 0) is 11.2 Å². The van der Waals surface area contributed by atoms with E-state index in [1.54, 1.807) is 44.6 Å². The van der Waals surface area contributed by atoms with E-state index in [4.69, 9.17) is 9.47 Å². The zero-order chi connectivity index (χ0) is 19.4. The first kappa shape index (κ1) is 18.6. The monoisotopic (exact) mass is 368 g/mol. The van der Waals surface area contributed by atoms with E-state index in [-0.39, 0.29) is 17.4 Å². The predicted octanol–water partition coefficient (Wildman–Crippen LogP) is 3.65. The number of nitrogens with zero attached hydrogens (tertiary/aromatic N) is 1. The molecule has 0 saturated heterocycles. The van der Waals surface area contributed by atoms with Gasteiger partial charge in [-0.2, -0.15) is 0 Å². The summed E-state index contributed by atoms with van der Waals surface area (Å²) in [5.41, 5.74) is 2.50. The Morgan fingerprint density at radius 3 is 2.56 bits per heavy atom. The smallest absolute Gasteiger partial charge is 0.275 e. The van der Waals surface area contributed by atoms with Crippen LogP contribution >= 0.6 is 0 Å². The minimum Gasteiger partial charge on any atom is -0.496 e. The van der Waals surface area contributed by atoms with Crippen LogP contribution in [0.2, 0.25) is 0 Å². The average Bonchev–Trinajstić information content (AvgIpc) is 3.01. The Labute approximate surface area is 157 Å². The first-order valence-electron chi connectivity index (χ1n) is 8.58. The molecule has 1 amide bonds. The Morgan fingerprint density at radius 2 is 1.85 bits per heavy atom. The molecule has 5 nitrogen and oxygen atoms in total. The van der Waals surface area contributed by atoms with Crippen LogP contribution in [0.1, 0.15) is 23.1 Å². The Balaban J connectivity index is 1.82. The maximum atomic E-state index is 13.7. The Kier molecular flexibility index (Phi) is 5.54. The van der Waals surface area contributed by atoms with Gasteiger partial charge in [0.2, 0.25) is 0 Å². The maximum Gasteiger partial charge on any atom is 0.275 e. The number of aliphatic imine (C=N–C) groups is 1. The number of carbonyl (C=O) groups excluding carboxylic acids is 1. The zero-order valence-corrected chi connectivity index (χ0v) is 15.5. The van der Waals surface area contributed by atoms with E-state index in [9.17, 15) is 9.18 Å². The van der Waals surface area contributed by atoms with Gasteiger partial charge in [0.1, 0.15) is 28.8 Å². The minimum atomic E-state index is -0.292. The summed E-state index contributed by atoms with van der Waals surface area (Å²) >= 11 is 0. The highest BCUT2D eigenvalue weighted by molar-refractivity contribution is 6.14. The second-order valence-corrected chi connectivity index (χ2v) is 6.20. The molecule has 3 rings (SSSR count). The van der Waals surface area contributed by atoms with Crippen molar-refractivity contribution in [1.29, 1.82) is 0 Å². The lowest BCUT2D eigenvalue weighted by molar-refractivity contribution is -0.115. The van der Waals surface area contributed by atoms with Crippen LogP contribution in [0.4, 0.5) is 4.39 Å². The quantitative estimate of drug-likeness (QED) is 0.792. The number of methoxy groups -OCH3 is 2. The molecule has 2 aromatic carbocycles. The second kappa shape index (κ2) is 8.03. The number of amides is 1. The molecule has 0 atom stereocenters. The van der Waals surface area contributed by atoms with Gasteiger partial charge in [0.05, 0.1) is 14.2 Å². The molecular formula is C21H21FN2O3. The molecule has 0 saturated carbocycles. The van der Waals surface area contributed by atoms with Crippen LogP contribution in [0.5, 0.6) is 11.5 Å². The average molecular weight is 368 g/mol. The molecule has 6 heteroatoms. The molecular weight excluding hydrogens is 347 g/mol. The van der Waals surface area contributed by atoms with Crippen LogP contribution < -0.4 is 14.8 Å². The molecule has 2 aromatic rings. The lowest BCUT2D eigenvalue weighted by Gasteiger charge is -2.10. The van der Waals surface area contributed by atoms with Crippen molar-refractivity contribution in [1.82, 2.24) is 5.32 Å². The van der Waals surface area contributed by atoms with Crippen LogP contribution in [-0.4, -0.2) is 26.0 Å². The van der Waals surface area contributed by atoms with Gasteiger partial charge in [0, 0.05) is 12.0 Å². The van der Waals surface area contributed by atoms with Crippen LogP contribution in [0, 0.1) is 12.7 Å². The highest BCUT2D eigenvalue weighted by atomic mass is 19.1. The molecule has 0 radical (unpaired) electrons. The van der Waals surface area contributed by atoms with E-state index in [0.717, 1.165) is 5.56 Å². The van der Waals surface area contributed by atoms with Crippen molar-refractivity contribution < 1.29 is 18.7 Å². The number of hydrogen-bond acceptors (Lipinski definition) is 4. The highest BCUT2D eigenvalue weighted by Crippen LogP contribution is 2.30. The van der Waals surface area contributed by atoms with Gasteiger partial charge < -0.3 is 14.8 Å². The third kappa shape index (κ3) is 4.16. The molecule has 0 spiro atoms. The minimum absolute atomic E-state index is 0.255. The third-order valence-corrected chi connectivity index (χ3v) is 4.37. The molecule has 0 bridgehead atoms. The normalized spacial score (nSPS) is 14.9.